The first-order valence-corrected chi connectivity index (χ1v) is 12.7. The number of aromatic nitrogens is 2. The van der Waals surface area contributed by atoms with Crippen LogP contribution in [0.3, 0.4) is 0 Å². The first-order chi connectivity index (χ1) is 18.1. The van der Waals surface area contributed by atoms with E-state index in [0.717, 1.165) is 22.0 Å². The van der Waals surface area contributed by atoms with Crippen LogP contribution >= 0.6 is 0 Å². The molecule has 0 saturated carbocycles. The van der Waals surface area contributed by atoms with E-state index in [9.17, 15) is 19.5 Å². The van der Waals surface area contributed by atoms with Gasteiger partial charge < -0.3 is 19.4 Å². The van der Waals surface area contributed by atoms with E-state index in [0.29, 0.717) is 6.42 Å². The number of nitrogens with one attached hydrogen (secondary N) is 1. The third-order valence-electron chi connectivity index (χ3n) is 7.02. The van der Waals surface area contributed by atoms with Crippen LogP contribution in [0, 0.1) is 18.8 Å². The summed E-state index contributed by atoms with van der Waals surface area (Å²) in [7, 11) is 1.94. The zero-order valence-electron chi connectivity index (χ0n) is 22.3. The van der Waals surface area contributed by atoms with Crippen molar-refractivity contribution in [3.63, 3.8) is 0 Å². The molecule has 8 nitrogen and oxygen atoms in total. The van der Waals surface area contributed by atoms with Gasteiger partial charge in [0.05, 0.1) is 5.92 Å². The Kier molecular flexibility index (Phi) is 7.80. The maximum Gasteiger partial charge on any atom is 0.358 e. The minimum atomic E-state index is -1.21. The largest absolute Gasteiger partial charge is 0.476 e. The molecule has 0 aliphatic heterocycles. The van der Waals surface area contributed by atoms with Crippen LogP contribution in [0.4, 0.5) is 0 Å². The fourth-order valence-corrected chi connectivity index (χ4v) is 4.97. The van der Waals surface area contributed by atoms with Gasteiger partial charge >= 0.3 is 5.97 Å². The fraction of sp³-hybridized carbons (Fsp3) is 0.333. The van der Waals surface area contributed by atoms with E-state index in [-0.39, 0.29) is 29.0 Å². The van der Waals surface area contributed by atoms with Gasteiger partial charge in [-0.1, -0.05) is 69.3 Å². The predicted molar refractivity (Wildman–Crippen MR) is 144 cm³/mol. The number of rotatable bonds is 10. The number of aryl methyl sites for hydroxylation is 2. The van der Waals surface area contributed by atoms with E-state index >= 15 is 0 Å². The standard InChI is InChI=1S/C30H33N3O5/c1-17(2)25(27(34)18(3)20-11-7-6-8-12-20)28(35)31-23(29-32-26(30(36)37)19(4)38-29)15-21-16-33(5)24-14-10-9-13-22(21)24/h6-14,16-18,23,25H,15H2,1-5H3,(H,31,35)(H,36,37)/t18?,23-,25+/m1/s1. The highest BCUT2D eigenvalue weighted by Gasteiger charge is 2.36. The smallest absolute Gasteiger partial charge is 0.358 e. The van der Waals surface area contributed by atoms with E-state index in [1.165, 1.54) is 6.92 Å². The molecule has 3 atom stereocenters. The number of aromatic carboxylic acids is 1. The minimum absolute atomic E-state index is 0.0900. The molecule has 0 saturated heterocycles. The molecule has 0 fully saturated rings. The van der Waals surface area contributed by atoms with Crippen LogP contribution in [0.2, 0.25) is 0 Å². The molecular weight excluding hydrogens is 482 g/mol. The van der Waals surface area contributed by atoms with Crippen molar-refractivity contribution in [2.45, 2.75) is 46.1 Å². The van der Waals surface area contributed by atoms with Crippen LogP contribution in [0.5, 0.6) is 0 Å². The lowest BCUT2D eigenvalue weighted by molar-refractivity contribution is -0.137. The molecule has 2 N–H and O–H groups in total. The van der Waals surface area contributed by atoms with Crippen molar-refractivity contribution in [1.82, 2.24) is 14.9 Å². The number of carbonyl (C=O) groups is 3. The van der Waals surface area contributed by atoms with Gasteiger partial charge in [0.2, 0.25) is 11.8 Å². The van der Waals surface area contributed by atoms with Gasteiger partial charge in [0.15, 0.2) is 11.5 Å². The Balaban J connectivity index is 1.68. The van der Waals surface area contributed by atoms with Crippen molar-refractivity contribution in [2.24, 2.45) is 18.9 Å². The molecule has 0 radical (unpaired) electrons. The number of carboxylic acid groups (broad SMARTS) is 1. The van der Waals surface area contributed by atoms with Crippen molar-refractivity contribution >= 4 is 28.6 Å². The van der Waals surface area contributed by atoms with Gasteiger partial charge in [0.25, 0.3) is 0 Å². The monoisotopic (exact) mass is 515 g/mol. The lowest BCUT2D eigenvalue weighted by Gasteiger charge is -2.25. The lowest BCUT2D eigenvalue weighted by Crippen LogP contribution is -2.42. The van der Waals surface area contributed by atoms with Crippen molar-refractivity contribution in [2.75, 3.05) is 0 Å². The molecular formula is C30H33N3O5. The summed E-state index contributed by atoms with van der Waals surface area (Å²) in [6, 6.07) is 16.5. The third-order valence-corrected chi connectivity index (χ3v) is 7.02. The van der Waals surface area contributed by atoms with E-state index in [1.807, 2.05) is 93.2 Å². The molecule has 2 aromatic heterocycles. The van der Waals surface area contributed by atoms with E-state index in [2.05, 4.69) is 10.3 Å². The average Bonchev–Trinajstić information content (AvgIpc) is 3.43. The van der Waals surface area contributed by atoms with Crippen LogP contribution in [0.15, 0.2) is 65.2 Å². The summed E-state index contributed by atoms with van der Waals surface area (Å²) in [5.74, 6) is -3.21. The summed E-state index contributed by atoms with van der Waals surface area (Å²) >= 11 is 0. The summed E-state index contributed by atoms with van der Waals surface area (Å²) in [6.45, 7) is 7.03. The quantitative estimate of drug-likeness (QED) is 0.280. The van der Waals surface area contributed by atoms with Crippen molar-refractivity contribution in [1.29, 1.82) is 0 Å². The highest BCUT2D eigenvalue weighted by Crippen LogP contribution is 2.29. The van der Waals surface area contributed by atoms with Gasteiger partial charge in [0.1, 0.15) is 11.8 Å². The number of amides is 1. The summed E-state index contributed by atoms with van der Waals surface area (Å²) in [5, 5.41) is 13.5. The Labute approximate surface area is 221 Å². The number of benzene rings is 2. The molecule has 0 spiro atoms. The number of carboxylic acids is 1. The van der Waals surface area contributed by atoms with Gasteiger partial charge in [-0.2, -0.15) is 0 Å². The molecule has 0 aliphatic rings. The number of ketones is 1. The summed E-state index contributed by atoms with van der Waals surface area (Å²) in [4.78, 5) is 43.1. The van der Waals surface area contributed by atoms with Gasteiger partial charge in [-0.15, -0.1) is 0 Å². The Morgan fingerprint density at radius 3 is 2.32 bits per heavy atom. The highest BCUT2D eigenvalue weighted by molar-refractivity contribution is 6.04. The predicted octanol–water partition coefficient (Wildman–Crippen LogP) is 5.22. The lowest BCUT2D eigenvalue weighted by atomic mass is 9.82. The fourth-order valence-electron chi connectivity index (χ4n) is 4.97. The summed E-state index contributed by atoms with van der Waals surface area (Å²) < 4.78 is 7.74. The number of nitrogens with zero attached hydrogens (tertiary/aromatic N) is 2. The molecule has 0 bridgehead atoms. The number of hydrogen-bond donors (Lipinski definition) is 2. The van der Waals surface area contributed by atoms with Gasteiger partial charge in [-0.05, 0) is 30.0 Å². The van der Waals surface area contributed by atoms with Crippen LogP contribution in [0.1, 0.15) is 66.0 Å². The Morgan fingerprint density at radius 1 is 1.03 bits per heavy atom. The number of para-hydroxylation sites is 1. The molecule has 1 amide bonds. The molecule has 1 unspecified atom stereocenters. The molecule has 4 aromatic rings. The van der Waals surface area contributed by atoms with Crippen molar-refractivity contribution < 1.29 is 23.9 Å². The number of Topliss-reactive ketones (excluding diaryl/α,β-unsaturated/α-hetero) is 1. The second-order valence-electron chi connectivity index (χ2n) is 10.1. The second-order valence-corrected chi connectivity index (χ2v) is 10.1. The second kappa shape index (κ2) is 11.0. The molecule has 198 valence electrons. The molecule has 2 heterocycles. The van der Waals surface area contributed by atoms with E-state index in [1.54, 1.807) is 0 Å². The molecule has 4 rings (SSSR count). The maximum atomic E-state index is 13.7. The Bertz CT molecular complexity index is 1470. The number of hydrogen-bond acceptors (Lipinski definition) is 5. The zero-order chi connectivity index (χ0) is 27.6. The minimum Gasteiger partial charge on any atom is -0.476 e. The number of oxazole rings is 1. The van der Waals surface area contributed by atoms with Crippen LogP contribution in [-0.4, -0.2) is 32.3 Å². The van der Waals surface area contributed by atoms with E-state index in [4.69, 9.17) is 4.42 Å². The van der Waals surface area contributed by atoms with E-state index < -0.39 is 29.8 Å². The molecule has 2 aromatic carbocycles. The summed E-state index contributed by atoms with van der Waals surface area (Å²) in [6.07, 6.45) is 2.28. The normalized spacial score (nSPS) is 13.8. The molecule has 38 heavy (non-hydrogen) atoms. The highest BCUT2D eigenvalue weighted by atomic mass is 16.4. The topological polar surface area (TPSA) is 114 Å². The van der Waals surface area contributed by atoms with Crippen molar-refractivity contribution in [3.8, 4) is 0 Å². The Hall–Kier alpha value is -4.20. The van der Waals surface area contributed by atoms with Gasteiger partial charge in [-0.25, -0.2) is 9.78 Å². The number of fused-ring (bicyclic) bond motifs is 1. The zero-order valence-corrected chi connectivity index (χ0v) is 22.3. The summed E-state index contributed by atoms with van der Waals surface area (Å²) in [5.41, 5.74) is 2.60. The Morgan fingerprint density at radius 2 is 1.68 bits per heavy atom. The van der Waals surface area contributed by atoms with Gasteiger partial charge in [-0.3, -0.25) is 9.59 Å². The molecule has 0 aliphatic carbocycles. The average molecular weight is 516 g/mol. The molecule has 8 heteroatoms. The van der Waals surface area contributed by atoms with Gasteiger partial charge in [0, 0.05) is 36.5 Å². The SMILES string of the molecule is Cc1oc([C@@H](Cc2cn(C)c3ccccc23)NC(=O)[C@H](C(=O)C(C)c2ccccc2)C(C)C)nc1C(=O)O. The number of carbonyl (C=O) groups excluding carboxylic acids is 2. The third kappa shape index (κ3) is 5.39. The van der Waals surface area contributed by atoms with Crippen LogP contribution in [0.25, 0.3) is 10.9 Å². The first-order valence-electron chi connectivity index (χ1n) is 12.7. The maximum absolute atomic E-state index is 13.7. The first kappa shape index (κ1) is 26.9. The van der Waals surface area contributed by atoms with Crippen LogP contribution in [-0.2, 0) is 23.1 Å². The van der Waals surface area contributed by atoms with Crippen LogP contribution < -0.4 is 5.32 Å². The van der Waals surface area contributed by atoms with Crippen molar-refractivity contribution in [3.05, 3.63) is 89.3 Å².